The number of allylic oxidation sites excluding steroid dienone is 2. The van der Waals surface area contributed by atoms with Crippen molar-refractivity contribution in [3.05, 3.63) is 11.6 Å². The minimum Gasteiger partial charge on any atom is -0.481 e. The first-order valence-electron chi connectivity index (χ1n) is 14.2. The summed E-state index contributed by atoms with van der Waals surface area (Å²) in [5.41, 5.74) is -0.910. The van der Waals surface area contributed by atoms with Crippen molar-refractivity contribution < 1.29 is 19.5 Å². The average Bonchev–Trinajstić information content (AvgIpc) is 2.83. The molecule has 0 aliphatic heterocycles. The molecule has 0 bridgehead atoms. The van der Waals surface area contributed by atoms with Crippen LogP contribution < -0.4 is 0 Å². The quantitative estimate of drug-likeness (QED) is 0.441. The molecule has 0 aromatic carbocycles. The second kappa shape index (κ2) is 8.81. The third kappa shape index (κ3) is 3.57. The van der Waals surface area contributed by atoms with Crippen LogP contribution in [0, 0.1) is 68.5 Å². The van der Waals surface area contributed by atoms with Crippen LogP contribution in [0.3, 0.4) is 0 Å². The van der Waals surface area contributed by atoms with Gasteiger partial charge in [-0.05, 0) is 84.9 Å². The number of rotatable bonds is 1. The number of fused-ring (bicyclic) bond motifs is 7. The maximum atomic E-state index is 14.0. The van der Waals surface area contributed by atoms with Gasteiger partial charge in [0.1, 0.15) is 11.9 Å². The molecule has 36 heavy (non-hydrogen) atoms. The van der Waals surface area contributed by atoms with E-state index < -0.39 is 11.4 Å². The van der Waals surface area contributed by atoms with Crippen LogP contribution >= 0.6 is 0 Å². The van der Waals surface area contributed by atoms with Crippen molar-refractivity contribution in [3.63, 3.8) is 0 Å². The number of carboxylic acid groups (broad SMARTS) is 1. The number of nitrogens with zero attached hydrogens (tertiary/aromatic N) is 1. The van der Waals surface area contributed by atoms with Gasteiger partial charge in [-0.2, -0.15) is 5.26 Å². The first kappa shape index (κ1) is 27.1. The molecule has 4 fully saturated rings. The molecule has 0 heterocycles. The van der Waals surface area contributed by atoms with Crippen molar-refractivity contribution in [3.8, 4) is 6.07 Å². The lowest BCUT2D eigenvalue weighted by atomic mass is 9.36. The Morgan fingerprint density at radius 3 is 2.25 bits per heavy atom. The lowest BCUT2D eigenvalue weighted by molar-refractivity contribution is -0.195. The maximum Gasteiger partial charge on any atom is 0.309 e. The smallest absolute Gasteiger partial charge is 0.309 e. The van der Waals surface area contributed by atoms with Crippen LogP contribution in [0.25, 0.3) is 0 Å². The van der Waals surface area contributed by atoms with Crippen LogP contribution in [-0.4, -0.2) is 22.6 Å². The average molecular weight is 496 g/mol. The zero-order valence-corrected chi connectivity index (χ0v) is 23.3. The fourth-order valence-corrected chi connectivity index (χ4v) is 9.90. The van der Waals surface area contributed by atoms with Crippen LogP contribution in [-0.2, 0) is 14.4 Å². The van der Waals surface area contributed by atoms with Crippen LogP contribution in [0.1, 0.15) is 99.8 Å². The van der Waals surface area contributed by atoms with E-state index >= 15 is 0 Å². The molecule has 5 nitrogen and oxygen atoms in total. The van der Waals surface area contributed by atoms with Crippen molar-refractivity contribution in [2.75, 3.05) is 0 Å². The molecule has 0 aromatic heterocycles. The van der Waals surface area contributed by atoms with Gasteiger partial charge in [0.15, 0.2) is 5.78 Å². The highest BCUT2D eigenvalue weighted by Crippen LogP contribution is 2.70. The summed E-state index contributed by atoms with van der Waals surface area (Å²) < 4.78 is 0. The standard InChI is InChI=1S/C29H39NO4.C2H6/c1-16-18-6-8-27(4)19-7-9-29(25(33)34)11-10-26(2,3)14-20(29)23(19)21(31)12-22(27)28(18,5)13-17(15-30)24(16)32;1-2/h13,16,18-20,22-23H,6-12,14H2,1-5H3,(H,33,34);1-2H3. The molecule has 4 saturated carbocycles. The van der Waals surface area contributed by atoms with E-state index in [1.54, 1.807) is 0 Å². The van der Waals surface area contributed by atoms with E-state index in [0.717, 1.165) is 32.1 Å². The summed E-state index contributed by atoms with van der Waals surface area (Å²) in [6.45, 7) is 14.9. The van der Waals surface area contributed by atoms with Crippen LogP contribution in [0.15, 0.2) is 11.6 Å². The lowest BCUT2D eigenvalue weighted by Crippen LogP contribution is -2.64. The molecule has 198 valence electrons. The first-order chi connectivity index (χ1) is 16.8. The molecule has 5 aliphatic rings. The summed E-state index contributed by atoms with van der Waals surface area (Å²) in [6, 6.07) is 2.14. The van der Waals surface area contributed by atoms with Crippen molar-refractivity contribution in [1.29, 1.82) is 5.26 Å². The molecule has 0 radical (unpaired) electrons. The van der Waals surface area contributed by atoms with E-state index in [9.17, 15) is 24.8 Å². The second-order valence-corrected chi connectivity index (χ2v) is 13.7. The van der Waals surface area contributed by atoms with Gasteiger partial charge in [0.2, 0.25) is 0 Å². The van der Waals surface area contributed by atoms with Crippen molar-refractivity contribution >= 4 is 17.5 Å². The molecule has 0 saturated heterocycles. The van der Waals surface area contributed by atoms with E-state index in [2.05, 4.69) is 33.8 Å². The van der Waals surface area contributed by atoms with Crippen molar-refractivity contribution in [2.24, 2.45) is 57.2 Å². The molecule has 5 rings (SSSR count). The van der Waals surface area contributed by atoms with Gasteiger partial charge in [0.05, 0.1) is 11.0 Å². The first-order valence-corrected chi connectivity index (χ1v) is 14.2. The number of carboxylic acids is 1. The zero-order chi connectivity index (χ0) is 26.8. The number of hydrogen-bond donors (Lipinski definition) is 1. The maximum absolute atomic E-state index is 14.0. The Hall–Kier alpha value is -1.96. The number of nitriles is 1. The van der Waals surface area contributed by atoms with Gasteiger partial charge in [0.25, 0.3) is 0 Å². The van der Waals surface area contributed by atoms with Gasteiger partial charge in [-0.3, -0.25) is 14.4 Å². The molecule has 1 N–H and O–H groups in total. The van der Waals surface area contributed by atoms with Gasteiger partial charge in [-0.1, -0.05) is 54.5 Å². The summed E-state index contributed by atoms with van der Waals surface area (Å²) in [6.07, 6.45) is 8.07. The third-order valence-electron chi connectivity index (χ3n) is 11.7. The normalized spacial score (nSPS) is 46.9. The Labute approximate surface area is 217 Å². The van der Waals surface area contributed by atoms with Crippen LogP contribution in [0.5, 0.6) is 0 Å². The highest BCUT2D eigenvalue weighted by atomic mass is 16.4. The Kier molecular flexibility index (Phi) is 6.63. The molecule has 0 amide bonds. The highest BCUT2D eigenvalue weighted by molar-refractivity contribution is 6.01. The van der Waals surface area contributed by atoms with Gasteiger partial charge >= 0.3 is 5.97 Å². The van der Waals surface area contributed by atoms with E-state index in [0.29, 0.717) is 19.3 Å². The number of carbonyl (C=O) groups excluding carboxylic acids is 2. The molecule has 5 aliphatic carbocycles. The number of aliphatic carboxylic acids is 1. The Morgan fingerprint density at radius 2 is 1.64 bits per heavy atom. The summed E-state index contributed by atoms with van der Waals surface area (Å²) >= 11 is 0. The molecular formula is C31H45NO4. The molecule has 0 aromatic rings. The summed E-state index contributed by atoms with van der Waals surface area (Å²) in [5, 5.41) is 20.1. The molecular weight excluding hydrogens is 450 g/mol. The van der Waals surface area contributed by atoms with E-state index in [1.807, 2.05) is 26.8 Å². The number of hydrogen-bond acceptors (Lipinski definition) is 4. The van der Waals surface area contributed by atoms with E-state index in [4.69, 9.17) is 0 Å². The zero-order valence-electron chi connectivity index (χ0n) is 23.3. The molecule has 9 unspecified atom stereocenters. The van der Waals surface area contributed by atoms with Gasteiger partial charge in [-0.25, -0.2) is 0 Å². The largest absolute Gasteiger partial charge is 0.481 e. The number of Topliss-reactive ketones (excluding diaryl/α,β-unsaturated/α-hetero) is 2. The fraction of sp³-hybridized carbons (Fsp3) is 0.806. The predicted molar refractivity (Wildman–Crippen MR) is 139 cm³/mol. The Bertz CT molecular complexity index is 1040. The Morgan fingerprint density at radius 1 is 1.00 bits per heavy atom. The molecule has 9 atom stereocenters. The second-order valence-electron chi connectivity index (χ2n) is 13.7. The van der Waals surface area contributed by atoms with Gasteiger partial charge < -0.3 is 5.11 Å². The third-order valence-corrected chi connectivity index (χ3v) is 11.7. The minimum atomic E-state index is -0.768. The van der Waals surface area contributed by atoms with Crippen molar-refractivity contribution in [1.82, 2.24) is 0 Å². The lowest BCUT2D eigenvalue weighted by Gasteiger charge is -2.66. The van der Waals surface area contributed by atoms with E-state index in [1.165, 1.54) is 0 Å². The monoisotopic (exact) mass is 495 g/mol. The van der Waals surface area contributed by atoms with Crippen LogP contribution in [0.4, 0.5) is 0 Å². The van der Waals surface area contributed by atoms with Gasteiger partial charge in [-0.15, -0.1) is 0 Å². The molecule has 5 heteroatoms. The minimum absolute atomic E-state index is 0.0524. The number of carbonyl (C=O) groups is 3. The summed E-state index contributed by atoms with van der Waals surface area (Å²) in [7, 11) is 0. The SMILES string of the molecule is CC.CC1C(=O)C(C#N)=CC2(C)C1CCC1(C)C3CCC4(C(=O)O)CCC(C)(C)CC4C3C(=O)CC21. The fourth-order valence-electron chi connectivity index (χ4n) is 9.90. The Balaban J connectivity index is 0.00000148. The predicted octanol–water partition coefficient (Wildman–Crippen LogP) is 6.62. The number of ketones is 2. The highest BCUT2D eigenvalue weighted by Gasteiger charge is 2.68. The topological polar surface area (TPSA) is 95.2 Å². The van der Waals surface area contributed by atoms with E-state index in [-0.39, 0.29) is 68.9 Å². The van der Waals surface area contributed by atoms with Gasteiger partial charge in [0, 0.05) is 18.3 Å². The summed E-state index contributed by atoms with van der Waals surface area (Å²) in [4.78, 5) is 39.5. The molecule has 0 spiro atoms. The summed E-state index contributed by atoms with van der Waals surface area (Å²) in [5.74, 6) is -0.602. The van der Waals surface area contributed by atoms with Crippen molar-refractivity contribution in [2.45, 2.75) is 99.8 Å². The van der Waals surface area contributed by atoms with Crippen LogP contribution in [0.2, 0.25) is 0 Å².